The minimum atomic E-state index is -0.925. The van der Waals surface area contributed by atoms with Crippen molar-refractivity contribution in [2.75, 3.05) is 13.2 Å². The minimum Gasteiger partial charge on any atom is -0.480 e. The molecule has 0 atom stereocenters. The number of carbonyl (C=O) groups is 1. The van der Waals surface area contributed by atoms with Crippen LogP contribution in [-0.2, 0) is 16.1 Å². The zero-order valence-corrected chi connectivity index (χ0v) is 8.49. The van der Waals surface area contributed by atoms with Crippen LogP contribution in [-0.4, -0.2) is 28.9 Å². The van der Waals surface area contributed by atoms with Gasteiger partial charge in [-0.05, 0) is 26.0 Å². The van der Waals surface area contributed by atoms with E-state index >= 15 is 0 Å². The molecule has 0 aliphatic rings. The highest BCUT2D eigenvalue weighted by molar-refractivity contribution is 5.67. The van der Waals surface area contributed by atoms with Crippen molar-refractivity contribution < 1.29 is 14.6 Å². The fourth-order valence-electron chi connectivity index (χ4n) is 1.37. The number of rotatable bonds is 5. The summed E-state index contributed by atoms with van der Waals surface area (Å²) in [6, 6.07) is 4.07. The molecule has 1 heterocycles. The first-order valence-corrected chi connectivity index (χ1v) is 4.53. The summed E-state index contributed by atoms with van der Waals surface area (Å²) in [6.07, 6.45) is 0. The Labute approximate surface area is 83.1 Å². The molecular formula is C10H15NO3. The maximum Gasteiger partial charge on any atom is 0.329 e. The fourth-order valence-corrected chi connectivity index (χ4v) is 1.37. The van der Waals surface area contributed by atoms with Crippen LogP contribution in [0.25, 0.3) is 0 Å². The Morgan fingerprint density at radius 3 is 2.50 bits per heavy atom. The van der Waals surface area contributed by atoms with Gasteiger partial charge < -0.3 is 14.4 Å². The summed E-state index contributed by atoms with van der Waals surface area (Å²) < 4.78 is 7.06. The summed E-state index contributed by atoms with van der Waals surface area (Å²) in [5.74, 6) is -0.925. The molecule has 0 spiro atoms. The normalized spacial score (nSPS) is 10.4. The van der Waals surface area contributed by atoms with E-state index in [1.54, 1.807) is 0 Å². The van der Waals surface area contributed by atoms with E-state index in [1.807, 2.05) is 26.0 Å². The highest BCUT2D eigenvalue weighted by Gasteiger charge is 2.01. The molecule has 0 radical (unpaired) electrons. The van der Waals surface area contributed by atoms with Crippen LogP contribution in [0.2, 0.25) is 0 Å². The molecule has 1 aromatic heterocycles. The molecule has 0 aliphatic heterocycles. The Hall–Kier alpha value is -1.29. The number of nitrogens with zero attached hydrogens (tertiary/aromatic N) is 1. The molecule has 0 amide bonds. The molecule has 0 aromatic carbocycles. The van der Waals surface area contributed by atoms with Crippen LogP contribution in [0.4, 0.5) is 0 Å². The second-order valence-corrected chi connectivity index (χ2v) is 3.21. The van der Waals surface area contributed by atoms with Crippen LogP contribution in [0.1, 0.15) is 11.4 Å². The molecule has 0 fully saturated rings. The van der Waals surface area contributed by atoms with Crippen LogP contribution in [0, 0.1) is 13.8 Å². The van der Waals surface area contributed by atoms with E-state index in [9.17, 15) is 4.79 Å². The summed E-state index contributed by atoms with van der Waals surface area (Å²) in [6.45, 7) is 4.95. The summed E-state index contributed by atoms with van der Waals surface area (Å²) in [4.78, 5) is 10.2. The van der Waals surface area contributed by atoms with E-state index in [0.717, 1.165) is 0 Å². The molecule has 0 aliphatic carbocycles. The van der Waals surface area contributed by atoms with Gasteiger partial charge in [0.25, 0.3) is 0 Å². The standard InChI is InChI=1S/C10H15NO3/c1-8-3-4-9(2)11(8)5-6-14-7-10(12)13/h3-4H,5-7H2,1-2H3,(H,12,13). The second kappa shape index (κ2) is 4.81. The SMILES string of the molecule is Cc1ccc(C)n1CCOCC(=O)O. The molecule has 4 heteroatoms. The third-order valence-electron chi connectivity index (χ3n) is 2.10. The predicted octanol–water partition coefficient (Wildman–Crippen LogP) is 1.21. The van der Waals surface area contributed by atoms with Crippen LogP contribution < -0.4 is 0 Å². The zero-order chi connectivity index (χ0) is 10.6. The van der Waals surface area contributed by atoms with Gasteiger partial charge in [0.05, 0.1) is 6.61 Å². The summed E-state index contributed by atoms with van der Waals surface area (Å²) in [5.41, 5.74) is 2.34. The average Bonchev–Trinajstić information content (AvgIpc) is 2.42. The number of aromatic nitrogens is 1. The minimum absolute atomic E-state index is 0.223. The number of hydrogen-bond donors (Lipinski definition) is 1. The number of carboxylic acids is 1. The van der Waals surface area contributed by atoms with Crippen LogP contribution in [0.15, 0.2) is 12.1 Å². The lowest BCUT2D eigenvalue weighted by Crippen LogP contribution is -2.13. The van der Waals surface area contributed by atoms with Gasteiger partial charge in [-0.15, -0.1) is 0 Å². The Morgan fingerprint density at radius 2 is 2.00 bits per heavy atom. The smallest absolute Gasteiger partial charge is 0.329 e. The molecule has 0 saturated carbocycles. The van der Waals surface area contributed by atoms with Crippen molar-refractivity contribution in [1.29, 1.82) is 0 Å². The second-order valence-electron chi connectivity index (χ2n) is 3.21. The lowest BCUT2D eigenvalue weighted by Gasteiger charge is -2.08. The van der Waals surface area contributed by atoms with E-state index < -0.39 is 5.97 Å². The van der Waals surface area contributed by atoms with Crippen LogP contribution in [0.3, 0.4) is 0 Å². The predicted molar refractivity (Wildman–Crippen MR) is 52.4 cm³/mol. The van der Waals surface area contributed by atoms with E-state index in [4.69, 9.17) is 9.84 Å². The number of ether oxygens (including phenoxy) is 1. The molecule has 1 aromatic rings. The van der Waals surface area contributed by atoms with E-state index in [1.165, 1.54) is 11.4 Å². The van der Waals surface area contributed by atoms with Gasteiger partial charge in [-0.1, -0.05) is 0 Å². The highest BCUT2D eigenvalue weighted by atomic mass is 16.5. The van der Waals surface area contributed by atoms with E-state index in [2.05, 4.69) is 4.57 Å². The van der Waals surface area contributed by atoms with Gasteiger partial charge in [0.1, 0.15) is 6.61 Å². The summed E-state index contributed by atoms with van der Waals surface area (Å²) in [5, 5.41) is 8.35. The zero-order valence-electron chi connectivity index (χ0n) is 8.49. The van der Waals surface area contributed by atoms with Crippen molar-refractivity contribution in [3.63, 3.8) is 0 Å². The topological polar surface area (TPSA) is 51.5 Å². The Balaban J connectivity index is 2.34. The molecule has 0 bridgehead atoms. The summed E-state index contributed by atoms with van der Waals surface area (Å²) in [7, 11) is 0. The number of aliphatic carboxylic acids is 1. The van der Waals surface area contributed by atoms with Crippen LogP contribution >= 0.6 is 0 Å². The maximum absolute atomic E-state index is 10.2. The van der Waals surface area contributed by atoms with Crippen molar-refractivity contribution in [2.24, 2.45) is 0 Å². The summed E-state index contributed by atoms with van der Waals surface area (Å²) >= 11 is 0. The third kappa shape index (κ3) is 2.88. The monoisotopic (exact) mass is 197 g/mol. The van der Waals surface area contributed by atoms with Gasteiger partial charge in [-0.25, -0.2) is 4.79 Å². The molecule has 0 saturated heterocycles. The van der Waals surface area contributed by atoms with Crippen molar-refractivity contribution in [1.82, 2.24) is 4.57 Å². The lowest BCUT2D eigenvalue weighted by molar-refractivity contribution is -0.142. The Kier molecular flexibility index (Phi) is 3.71. The van der Waals surface area contributed by atoms with Gasteiger partial charge >= 0.3 is 5.97 Å². The van der Waals surface area contributed by atoms with E-state index in [-0.39, 0.29) is 6.61 Å². The highest BCUT2D eigenvalue weighted by Crippen LogP contribution is 2.06. The van der Waals surface area contributed by atoms with Crippen molar-refractivity contribution in [2.45, 2.75) is 20.4 Å². The largest absolute Gasteiger partial charge is 0.480 e. The van der Waals surface area contributed by atoms with Gasteiger partial charge in [-0.3, -0.25) is 0 Å². The molecule has 1 N–H and O–H groups in total. The quantitative estimate of drug-likeness (QED) is 0.722. The van der Waals surface area contributed by atoms with Crippen molar-refractivity contribution in [3.05, 3.63) is 23.5 Å². The van der Waals surface area contributed by atoms with E-state index in [0.29, 0.717) is 13.2 Å². The number of carboxylic acid groups (broad SMARTS) is 1. The Bertz CT molecular complexity index is 298. The van der Waals surface area contributed by atoms with Gasteiger partial charge in [0.2, 0.25) is 0 Å². The lowest BCUT2D eigenvalue weighted by atomic mass is 10.5. The third-order valence-corrected chi connectivity index (χ3v) is 2.10. The maximum atomic E-state index is 10.2. The average molecular weight is 197 g/mol. The first kappa shape index (κ1) is 10.8. The molecule has 78 valence electrons. The van der Waals surface area contributed by atoms with Gasteiger partial charge in [-0.2, -0.15) is 0 Å². The van der Waals surface area contributed by atoms with Crippen molar-refractivity contribution >= 4 is 5.97 Å². The molecule has 1 rings (SSSR count). The first-order chi connectivity index (χ1) is 6.61. The molecular weight excluding hydrogens is 182 g/mol. The fraction of sp³-hybridized carbons (Fsp3) is 0.500. The van der Waals surface area contributed by atoms with Gasteiger partial charge in [0.15, 0.2) is 0 Å². The molecule has 14 heavy (non-hydrogen) atoms. The number of aryl methyl sites for hydroxylation is 2. The molecule has 0 unspecified atom stereocenters. The van der Waals surface area contributed by atoms with Crippen LogP contribution in [0.5, 0.6) is 0 Å². The number of hydrogen-bond acceptors (Lipinski definition) is 2. The first-order valence-electron chi connectivity index (χ1n) is 4.53. The van der Waals surface area contributed by atoms with Gasteiger partial charge in [0, 0.05) is 17.9 Å². The van der Waals surface area contributed by atoms with Crippen molar-refractivity contribution in [3.8, 4) is 0 Å². The Morgan fingerprint density at radius 1 is 1.43 bits per heavy atom. The molecule has 4 nitrogen and oxygen atoms in total.